The van der Waals surface area contributed by atoms with Gasteiger partial charge in [-0.3, -0.25) is 9.69 Å². The number of ether oxygens (including phenoxy) is 3. The molecule has 0 fully saturated rings. The summed E-state index contributed by atoms with van der Waals surface area (Å²) in [6.45, 7) is 5.96. The van der Waals surface area contributed by atoms with Gasteiger partial charge < -0.3 is 14.2 Å². The topological polar surface area (TPSA) is 65.1 Å². The molecule has 162 valence electrons. The van der Waals surface area contributed by atoms with Crippen molar-refractivity contribution in [2.24, 2.45) is 0 Å². The molecule has 1 amide bonds. The molecule has 0 unspecified atom stereocenters. The van der Waals surface area contributed by atoms with Crippen molar-refractivity contribution in [1.82, 2.24) is 0 Å². The third-order valence-electron chi connectivity index (χ3n) is 5.34. The van der Waals surface area contributed by atoms with E-state index >= 15 is 0 Å². The molecule has 31 heavy (non-hydrogen) atoms. The van der Waals surface area contributed by atoms with Gasteiger partial charge in [-0.2, -0.15) is 0 Å². The minimum absolute atomic E-state index is 0.227. The van der Waals surface area contributed by atoms with Gasteiger partial charge in [0.25, 0.3) is 5.91 Å². The first-order valence-electron chi connectivity index (χ1n) is 10.00. The number of benzene rings is 2. The van der Waals surface area contributed by atoms with E-state index in [4.69, 9.17) is 14.2 Å². The molecule has 0 radical (unpaired) electrons. The predicted octanol–water partition coefficient (Wildman–Crippen LogP) is 4.70. The van der Waals surface area contributed by atoms with Crippen molar-refractivity contribution in [3.8, 4) is 11.5 Å². The summed E-state index contributed by atoms with van der Waals surface area (Å²) in [7, 11) is 4.41. The van der Waals surface area contributed by atoms with E-state index in [0.29, 0.717) is 34.4 Å². The lowest BCUT2D eigenvalue weighted by Gasteiger charge is -2.19. The van der Waals surface area contributed by atoms with Crippen molar-refractivity contribution in [3.05, 3.63) is 70.4 Å². The zero-order valence-corrected chi connectivity index (χ0v) is 18.7. The molecule has 0 aromatic heterocycles. The van der Waals surface area contributed by atoms with Crippen LogP contribution in [-0.4, -0.2) is 33.2 Å². The van der Waals surface area contributed by atoms with Crippen molar-refractivity contribution in [2.75, 3.05) is 26.2 Å². The summed E-state index contributed by atoms with van der Waals surface area (Å²) in [4.78, 5) is 27.6. The Morgan fingerprint density at radius 1 is 1.00 bits per heavy atom. The maximum absolute atomic E-state index is 13.5. The molecule has 0 spiro atoms. The Morgan fingerprint density at radius 3 is 2.23 bits per heavy atom. The maximum atomic E-state index is 13.5. The number of allylic oxidation sites excluding steroid dienone is 1. The van der Waals surface area contributed by atoms with Gasteiger partial charge in [0.2, 0.25) is 0 Å². The third kappa shape index (κ3) is 4.19. The van der Waals surface area contributed by atoms with Gasteiger partial charge >= 0.3 is 5.97 Å². The van der Waals surface area contributed by atoms with Crippen molar-refractivity contribution in [2.45, 2.75) is 26.7 Å². The molecular formula is C25H27NO5. The van der Waals surface area contributed by atoms with Gasteiger partial charge in [0.1, 0.15) is 11.5 Å². The monoisotopic (exact) mass is 421 g/mol. The molecule has 3 rings (SSSR count). The van der Waals surface area contributed by atoms with Crippen LogP contribution in [0.3, 0.4) is 0 Å². The molecule has 0 N–H and O–H groups in total. The molecule has 0 aliphatic carbocycles. The minimum Gasteiger partial charge on any atom is -0.497 e. The van der Waals surface area contributed by atoms with Crippen LogP contribution in [0.5, 0.6) is 11.5 Å². The Bertz CT molecular complexity index is 1060. The number of carbonyl (C=O) groups is 2. The van der Waals surface area contributed by atoms with Crippen LogP contribution in [0, 0.1) is 0 Å². The Kier molecular flexibility index (Phi) is 6.49. The van der Waals surface area contributed by atoms with Crippen LogP contribution in [0.1, 0.15) is 37.8 Å². The van der Waals surface area contributed by atoms with Crippen LogP contribution in [0.2, 0.25) is 0 Å². The fraction of sp³-hybridized carbons (Fsp3) is 0.280. The first-order chi connectivity index (χ1) is 14.8. The molecule has 2 aromatic carbocycles. The summed E-state index contributed by atoms with van der Waals surface area (Å²) in [6, 6.07) is 13.0. The van der Waals surface area contributed by atoms with E-state index in [1.165, 1.54) is 17.6 Å². The van der Waals surface area contributed by atoms with Gasteiger partial charge in [-0.15, -0.1) is 0 Å². The third-order valence-corrected chi connectivity index (χ3v) is 5.34. The maximum Gasteiger partial charge on any atom is 0.340 e. The molecule has 0 saturated heterocycles. The van der Waals surface area contributed by atoms with Crippen molar-refractivity contribution in [1.29, 1.82) is 0 Å². The normalized spacial score (nSPS) is 15.1. The number of amides is 1. The molecule has 0 saturated carbocycles. The van der Waals surface area contributed by atoms with E-state index in [9.17, 15) is 9.59 Å². The lowest BCUT2D eigenvalue weighted by molar-refractivity contribution is -0.136. The summed E-state index contributed by atoms with van der Waals surface area (Å²) < 4.78 is 15.7. The molecule has 1 aliphatic rings. The summed E-state index contributed by atoms with van der Waals surface area (Å²) in [6.07, 6.45) is 1.64. The van der Waals surface area contributed by atoms with Crippen LogP contribution >= 0.6 is 0 Å². The predicted molar refractivity (Wildman–Crippen MR) is 120 cm³/mol. The lowest BCUT2D eigenvalue weighted by atomic mass is 10.0. The molecule has 6 heteroatoms. The van der Waals surface area contributed by atoms with Gasteiger partial charge in [0, 0.05) is 16.9 Å². The minimum atomic E-state index is -0.569. The quantitative estimate of drug-likeness (QED) is 0.499. The first-order valence-corrected chi connectivity index (χ1v) is 10.00. The number of methoxy groups -OCH3 is 3. The zero-order chi connectivity index (χ0) is 22.7. The number of esters is 1. The number of carbonyl (C=O) groups excluding carboxylic acids is 2. The van der Waals surface area contributed by atoms with Gasteiger partial charge in [0.05, 0.1) is 32.5 Å². The first kappa shape index (κ1) is 22.2. The summed E-state index contributed by atoms with van der Waals surface area (Å²) >= 11 is 0. The molecule has 1 heterocycles. The van der Waals surface area contributed by atoms with E-state index < -0.39 is 5.97 Å². The summed E-state index contributed by atoms with van der Waals surface area (Å²) in [5.41, 5.74) is 3.46. The zero-order valence-electron chi connectivity index (χ0n) is 18.7. The second-order valence-electron chi connectivity index (χ2n) is 7.50. The van der Waals surface area contributed by atoms with Gasteiger partial charge in [-0.1, -0.05) is 26.0 Å². The molecule has 0 atom stereocenters. The molecule has 0 bridgehead atoms. The molecular weight excluding hydrogens is 394 g/mol. The highest BCUT2D eigenvalue weighted by atomic mass is 16.5. The van der Waals surface area contributed by atoms with Crippen LogP contribution in [0.15, 0.2) is 59.3 Å². The van der Waals surface area contributed by atoms with Crippen LogP contribution < -0.4 is 14.4 Å². The van der Waals surface area contributed by atoms with Crippen LogP contribution in [0.25, 0.3) is 6.08 Å². The fourth-order valence-electron chi connectivity index (χ4n) is 3.61. The smallest absolute Gasteiger partial charge is 0.340 e. The van der Waals surface area contributed by atoms with Gasteiger partial charge in [-0.05, 0) is 54.8 Å². The lowest BCUT2D eigenvalue weighted by Crippen LogP contribution is -2.24. The second kappa shape index (κ2) is 9.08. The van der Waals surface area contributed by atoms with Gasteiger partial charge in [-0.25, -0.2) is 4.79 Å². The largest absolute Gasteiger partial charge is 0.497 e. The van der Waals surface area contributed by atoms with E-state index in [-0.39, 0.29) is 17.1 Å². The number of anilines is 1. The molecule has 2 aromatic rings. The number of nitrogens with zero attached hydrogens (tertiary/aromatic N) is 1. The Morgan fingerprint density at radius 2 is 1.68 bits per heavy atom. The Labute approximate surface area is 182 Å². The highest BCUT2D eigenvalue weighted by Crippen LogP contribution is 2.37. The van der Waals surface area contributed by atoms with E-state index in [2.05, 4.69) is 13.8 Å². The highest BCUT2D eigenvalue weighted by Gasteiger charge is 2.38. The number of hydrogen-bond acceptors (Lipinski definition) is 5. The average Bonchev–Trinajstić information content (AvgIpc) is 3.02. The van der Waals surface area contributed by atoms with Gasteiger partial charge in [0.15, 0.2) is 0 Å². The van der Waals surface area contributed by atoms with Crippen molar-refractivity contribution in [3.63, 3.8) is 0 Å². The van der Waals surface area contributed by atoms with E-state index in [0.717, 1.165) is 0 Å². The number of rotatable bonds is 6. The summed E-state index contributed by atoms with van der Waals surface area (Å²) in [5, 5.41) is 0. The van der Waals surface area contributed by atoms with Crippen molar-refractivity contribution < 1.29 is 23.8 Å². The standard InChI is InChI=1S/C25H27NO5/c1-15(2)17-7-9-19(10-8-17)26-16(3)23(25(28)31-6)21(24(26)27)14-18-13-20(29-4)11-12-22(18)30-5/h7-15H,1-6H3. The number of hydrogen-bond donors (Lipinski definition) is 0. The van der Waals surface area contributed by atoms with Crippen molar-refractivity contribution >= 4 is 23.6 Å². The summed E-state index contributed by atoms with van der Waals surface area (Å²) in [5.74, 6) is 0.671. The fourth-order valence-corrected chi connectivity index (χ4v) is 3.61. The average molecular weight is 421 g/mol. The van der Waals surface area contributed by atoms with E-state index in [1.807, 2.05) is 24.3 Å². The van der Waals surface area contributed by atoms with Crippen LogP contribution in [-0.2, 0) is 14.3 Å². The SMILES string of the molecule is COC(=O)C1=C(C)N(c2ccc(C(C)C)cc2)C(=O)C1=Cc1cc(OC)ccc1OC. The second-order valence-corrected chi connectivity index (χ2v) is 7.50. The van der Waals surface area contributed by atoms with E-state index in [1.54, 1.807) is 45.4 Å². The molecule has 6 nitrogen and oxygen atoms in total. The Balaban J connectivity index is 2.14. The molecule has 1 aliphatic heterocycles. The Hall–Kier alpha value is -3.54. The highest BCUT2D eigenvalue weighted by molar-refractivity contribution is 6.23. The van der Waals surface area contributed by atoms with Crippen LogP contribution in [0.4, 0.5) is 5.69 Å².